The van der Waals surface area contributed by atoms with Crippen LogP contribution in [0, 0.1) is 0 Å². The number of nitrogens with zero attached hydrogens (tertiary/aromatic N) is 3. The smallest absolute Gasteiger partial charge is 0.163 e. The standard InChI is InChI=1S/C31H23N3S/c1-3-9-20(10-4-1)29-32-30(21-11-5-2-6-12-21)34-31(33-29)23-16-15-22-18-26-25-13-7-8-14-27(25)35-28(26)19-24(22)17-23/h1-11,13-19,21,26,28H,12H2. The Morgan fingerprint density at radius 1 is 0.714 bits per heavy atom. The molecule has 3 aromatic carbocycles. The molecule has 7 rings (SSSR count). The Kier molecular flexibility index (Phi) is 4.99. The highest BCUT2D eigenvalue weighted by atomic mass is 32.2. The summed E-state index contributed by atoms with van der Waals surface area (Å²) in [5, 5.41) is 2.97. The van der Waals surface area contributed by atoms with Crippen LogP contribution >= 0.6 is 11.8 Å². The van der Waals surface area contributed by atoms with E-state index in [4.69, 9.17) is 15.0 Å². The molecule has 3 unspecified atom stereocenters. The third-order valence-corrected chi connectivity index (χ3v) is 8.27. The lowest BCUT2D eigenvalue weighted by atomic mass is 9.90. The Morgan fingerprint density at radius 2 is 1.54 bits per heavy atom. The molecule has 2 aliphatic carbocycles. The first-order valence-corrected chi connectivity index (χ1v) is 12.9. The minimum atomic E-state index is 0.163. The Hall–Kier alpha value is -3.76. The second-order valence-electron chi connectivity index (χ2n) is 9.19. The fraction of sp³-hybridized carbons (Fsp3) is 0.129. The number of thioether (sulfide) groups is 1. The predicted octanol–water partition coefficient (Wildman–Crippen LogP) is 5.64. The van der Waals surface area contributed by atoms with Gasteiger partial charge in [-0.1, -0.05) is 97.1 Å². The molecule has 0 spiro atoms. The molecule has 0 amide bonds. The first-order valence-electron chi connectivity index (χ1n) is 12.1. The van der Waals surface area contributed by atoms with Crippen molar-refractivity contribution in [2.24, 2.45) is 0 Å². The number of benzene rings is 3. The van der Waals surface area contributed by atoms with Gasteiger partial charge in [0.1, 0.15) is 5.82 Å². The van der Waals surface area contributed by atoms with Gasteiger partial charge in [0, 0.05) is 33.1 Å². The highest BCUT2D eigenvalue weighted by molar-refractivity contribution is 8.00. The number of rotatable bonds is 3. The molecule has 0 bridgehead atoms. The zero-order chi connectivity index (χ0) is 23.2. The molecule has 168 valence electrons. The Morgan fingerprint density at radius 3 is 2.40 bits per heavy atom. The molecular weight excluding hydrogens is 446 g/mol. The summed E-state index contributed by atoms with van der Waals surface area (Å²) in [4.78, 5) is 16.2. The van der Waals surface area contributed by atoms with Crippen LogP contribution in [-0.2, 0) is 0 Å². The van der Waals surface area contributed by atoms with Crippen molar-refractivity contribution in [1.82, 2.24) is 15.0 Å². The second-order valence-corrected chi connectivity index (χ2v) is 10.4. The molecule has 2 heterocycles. The zero-order valence-corrected chi connectivity index (χ0v) is 19.9. The first-order chi connectivity index (χ1) is 17.3. The summed E-state index contributed by atoms with van der Waals surface area (Å²) in [6.45, 7) is 0. The molecule has 0 saturated carbocycles. The maximum absolute atomic E-state index is 4.96. The average molecular weight is 470 g/mol. The van der Waals surface area contributed by atoms with E-state index in [0.29, 0.717) is 11.2 Å². The normalized spacial score (nSPS) is 21.4. The van der Waals surface area contributed by atoms with E-state index in [-0.39, 0.29) is 5.92 Å². The van der Waals surface area contributed by atoms with Crippen LogP contribution < -0.4 is 10.4 Å². The summed E-state index contributed by atoms with van der Waals surface area (Å²) in [7, 11) is 0. The summed E-state index contributed by atoms with van der Waals surface area (Å²) in [6.07, 6.45) is 14.3. The molecule has 1 aromatic heterocycles. The molecule has 1 aliphatic heterocycles. The minimum absolute atomic E-state index is 0.163. The Balaban J connectivity index is 1.34. The summed E-state index contributed by atoms with van der Waals surface area (Å²) in [5.41, 5.74) is 3.48. The summed E-state index contributed by atoms with van der Waals surface area (Å²) in [5.74, 6) is 2.88. The maximum Gasteiger partial charge on any atom is 0.163 e. The van der Waals surface area contributed by atoms with Gasteiger partial charge < -0.3 is 0 Å². The molecule has 35 heavy (non-hydrogen) atoms. The van der Waals surface area contributed by atoms with Crippen molar-refractivity contribution in [3.63, 3.8) is 0 Å². The monoisotopic (exact) mass is 469 g/mol. The third-order valence-electron chi connectivity index (χ3n) is 6.94. The fourth-order valence-corrected chi connectivity index (χ4v) is 6.52. The first kappa shape index (κ1) is 20.6. The molecule has 3 nitrogen and oxygen atoms in total. The third kappa shape index (κ3) is 3.75. The van der Waals surface area contributed by atoms with E-state index in [2.05, 4.69) is 91.1 Å². The van der Waals surface area contributed by atoms with E-state index in [9.17, 15) is 0 Å². The number of hydrogen-bond acceptors (Lipinski definition) is 4. The van der Waals surface area contributed by atoms with Gasteiger partial charge in [-0.25, -0.2) is 15.0 Å². The van der Waals surface area contributed by atoms with E-state index < -0.39 is 0 Å². The van der Waals surface area contributed by atoms with Crippen molar-refractivity contribution in [2.75, 3.05) is 0 Å². The van der Waals surface area contributed by atoms with E-state index in [0.717, 1.165) is 35.0 Å². The van der Waals surface area contributed by atoms with Crippen molar-refractivity contribution in [3.8, 4) is 22.8 Å². The van der Waals surface area contributed by atoms with Gasteiger partial charge in [0.15, 0.2) is 11.6 Å². The van der Waals surface area contributed by atoms with Crippen LogP contribution in [0.1, 0.15) is 29.6 Å². The van der Waals surface area contributed by atoms with Gasteiger partial charge in [0.25, 0.3) is 0 Å². The minimum Gasteiger partial charge on any atom is -0.212 e. The number of fused-ring (bicyclic) bond motifs is 4. The molecule has 3 atom stereocenters. The largest absolute Gasteiger partial charge is 0.212 e. The lowest BCUT2D eigenvalue weighted by molar-refractivity contribution is 0.764. The molecular formula is C31H23N3S. The van der Waals surface area contributed by atoms with Crippen molar-refractivity contribution in [1.29, 1.82) is 0 Å². The number of allylic oxidation sites excluding steroid dienone is 4. The summed E-state index contributed by atoms with van der Waals surface area (Å²) < 4.78 is 0. The predicted molar refractivity (Wildman–Crippen MR) is 143 cm³/mol. The van der Waals surface area contributed by atoms with Crippen LogP contribution in [0.15, 0.2) is 102 Å². The summed E-state index contributed by atoms with van der Waals surface area (Å²) >= 11 is 1.96. The van der Waals surface area contributed by atoms with Crippen molar-refractivity contribution < 1.29 is 0 Å². The Labute approximate surface area is 208 Å². The molecule has 0 saturated heterocycles. The van der Waals surface area contributed by atoms with Crippen LogP contribution in [0.3, 0.4) is 0 Å². The molecule has 0 N–H and O–H groups in total. The van der Waals surface area contributed by atoms with Gasteiger partial charge >= 0.3 is 0 Å². The zero-order valence-electron chi connectivity index (χ0n) is 19.1. The van der Waals surface area contributed by atoms with E-state index in [1.807, 2.05) is 30.0 Å². The van der Waals surface area contributed by atoms with E-state index >= 15 is 0 Å². The van der Waals surface area contributed by atoms with Crippen molar-refractivity contribution in [3.05, 3.63) is 119 Å². The van der Waals surface area contributed by atoms with Crippen LogP contribution in [0.5, 0.6) is 0 Å². The average Bonchev–Trinajstić information content (AvgIpc) is 3.29. The maximum atomic E-state index is 4.96. The molecule has 4 heteroatoms. The van der Waals surface area contributed by atoms with Crippen LogP contribution in [0.4, 0.5) is 0 Å². The Bertz CT molecular complexity index is 1620. The highest BCUT2D eigenvalue weighted by Crippen LogP contribution is 2.47. The van der Waals surface area contributed by atoms with Crippen molar-refractivity contribution in [2.45, 2.75) is 28.4 Å². The van der Waals surface area contributed by atoms with Crippen molar-refractivity contribution >= 4 is 23.9 Å². The lowest BCUT2D eigenvalue weighted by Crippen LogP contribution is -2.32. The van der Waals surface area contributed by atoms with Gasteiger partial charge in [-0.2, -0.15) is 0 Å². The van der Waals surface area contributed by atoms with Crippen LogP contribution in [-0.4, -0.2) is 20.2 Å². The molecule has 3 aliphatic rings. The molecule has 4 aromatic rings. The highest BCUT2D eigenvalue weighted by Gasteiger charge is 2.31. The van der Waals surface area contributed by atoms with Gasteiger partial charge in [0.2, 0.25) is 0 Å². The summed E-state index contributed by atoms with van der Waals surface area (Å²) in [6, 6.07) is 25.6. The van der Waals surface area contributed by atoms with Gasteiger partial charge in [-0.05, 0) is 34.6 Å². The topological polar surface area (TPSA) is 38.7 Å². The SMILES string of the molecule is C1=CCC(c2nc(-c3ccccc3)nc(-c3ccc4c(c3)=CC3Sc5ccccc5C3C=4)n2)C=C1. The van der Waals surface area contributed by atoms with E-state index in [1.165, 1.54) is 20.9 Å². The number of hydrogen-bond donors (Lipinski definition) is 0. The van der Waals surface area contributed by atoms with E-state index in [1.54, 1.807) is 0 Å². The second kappa shape index (κ2) is 8.47. The number of aromatic nitrogens is 3. The van der Waals surface area contributed by atoms with Crippen LogP contribution in [0.25, 0.3) is 34.9 Å². The molecule has 0 radical (unpaired) electrons. The quantitative estimate of drug-likeness (QED) is 0.389. The lowest BCUT2D eigenvalue weighted by Gasteiger charge is -2.17. The fourth-order valence-electron chi connectivity index (χ4n) is 5.14. The van der Waals surface area contributed by atoms with Gasteiger partial charge in [0.05, 0.1) is 0 Å². The molecule has 0 fully saturated rings. The van der Waals surface area contributed by atoms with Gasteiger partial charge in [-0.15, -0.1) is 11.8 Å². The van der Waals surface area contributed by atoms with Crippen LogP contribution in [0.2, 0.25) is 0 Å². The van der Waals surface area contributed by atoms with Gasteiger partial charge in [-0.3, -0.25) is 0 Å².